The number of pyridine rings is 1. The summed E-state index contributed by atoms with van der Waals surface area (Å²) in [6.07, 6.45) is 2.01. The Morgan fingerprint density at radius 2 is 1.77 bits per heavy atom. The summed E-state index contributed by atoms with van der Waals surface area (Å²) in [4.78, 5) is 4.50. The predicted molar refractivity (Wildman–Crippen MR) is 86.6 cm³/mol. The zero-order valence-corrected chi connectivity index (χ0v) is 13.2. The summed E-state index contributed by atoms with van der Waals surface area (Å²) >= 11 is 0. The van der Waals surface area contributed by atoms with E-state index in [-0.39, 0.29) is 0 Å². The second kappa shape index (κ2) is 5.60. The Balaban J connectivity index is 2.08. The molecule has 3 aromatic rings. The zero-order chi connectivity index (χ0) is 15.7. The van der Waals surface area contributed by atoms with Crippen molar-refractivity contribution in [1.82, 2.24) is 9.38 Å². The van der Waals surface area contributed by atoms with Crippen LogP contribution in [0.25, 0.3) is 5.65 Å². The molecule has 5 nitrogen and oxygen atoms in total. The SMILES string of the molecule is COc1ccc(C)cc1N=Nc1c(C)nc2ccc(C)cn12. The Hall–Kier alpha value is -2.69. The molecule has 0 aliphatic heterocycles. The molecule has 0 bridgehead atoms. The number of methoxy groups -OCH3 is 1. The number of hydrogen-bond acceptors (Lipinski definition) is 4. The highest BCUT2D eigenvalue weighted by Crippen LogP contribution is 2.31. The lowest BCUT2D eigenvalue weighted by Crippen LogP contribution is -1.85. The predicted octanol–water partition coefficient (Wildman–Crippen LogP) is 4.68. The van der Waals surface area contributed by atoms with Gasteiger partial charge in [-0.25, -0.2) is 4.98 Å². The molecule has 0 aliphatic rings. The van der Waals surface area contributed by atoms with Crippen molar-refractivity contribution in [2.75, 3.05) is 7.11 Å². The molecule has 1 aromatic carbocycles. The van der Waals surface area contributed by atoms with Gasteiger partial charge in [0.25, 0.3) is 0 Å². The van der Waals surface area contributed by atoms with Crippen LogP contribution in [0.2, 0.25) is 0 Å². The first kappa shape index (κ1) is 14.3. The van der Waals surface area contributed by atoms with Crippen LogP contribution < -0.4 is 4.74 Å². The van der Waals surface area contributed by atoms with Crippen molar-refractivity contribution in [2.45, 2.75) is 20.8 Å². The van der Waals surface area contributed by atoms with Crippen molar-refractivity contribution >= 4 is 17.2 Å². The van der Waals surface area contributed by atoms with Gasteiger partial charge in [0.15, 0.2) is 5.82 Å². The summed E-state index contributed by atoms with van der Waals surface area (Å²) < 4.78 is 7.29. The van der Waals surface area contributed by atoms with Crippen LogP contribution in [0.3, 0.4) is 0 Å². The summed E-state index contributed by atoms with van der Waals surface area (Å²) in [5.41, 5.74) is 4.69. The first-order chi connectivity index (χ1) is 10.6. The van der Waals surface area contributed by atoms with Crippen LogP contribution in [0.1, 0.15) is 16.8 Å². The summed E-state index contributed by atoms with van der Waals surface area (Å²) in [7, 11) is 1.63. The van der Waals surface area contributed by atoms with Crippen molar-refractivity contribution in [3.05, 3.63) is 53.3 Å². The molecule has 0 unspecified atom stereocenters. The number of ether oxygens (including phenoxy) is 1. The molecule has 0 saturated heterocycles. The van der Waals surface area contributed by atoms with Crippen LogP contribution in [0.15, 0.2) is 46.8 Å². The van der Waals surface area contributed by atoms with Crippen LogP contribution >= 0.6 is 0 Å². The first-order valence-electron chi connectivity index (χ1n) is 7.10. The Bertz CT molecular complexity index is 864. The van der Waals surface area contributed by atoms with Gasteiger partial charge in [-0.3, -0.25) is 4.40 Å². The van der Waals surface area contributed by atoms with E-state index in [1.54, 1.807) is 7.11 Å². The molecule has 2 aromatic heterocycles. The maximum atomic E-state index is 5.33. The Labute approximate surface area is 129 Å². The molecule has 0 atom stereocenters. The normalized spacial score (nSPS) is 11.5. The van der Waals surface area contributed by atoms with Gasteiger partial charge in [-0.2, -0.15) is 0 Å². The summed E-state index contributed by atoms with van der Waals surface area (Å²) in [5.74, 6) is 1.44. The average molecular weight is 294 g/mol. The van der Waals surface area contributed by atoms with Gasteiger partial charge in [-0.05, 0) is 50.1 Å². The third-order valence-corrected chi connectivity index (χ3v) is 3.50. The smallest absolute Gasteiger partial charge is 0.182 e. The minimum Gasteiger partial charge on any atom is -0.494 e. The zero-order valence-electron chi connectivity index (χ0n) is 13.2. The van der Waals surface area contributed by atoms with E-state index < -0.39 is 0 Å². The van der Waals surface area contributed by atoms with Gasteiger partial charge in [0.1, 0.15) is 17.1 Å². The lowest BCUT2D eigenvalue weighted by molar-refractivity contribution is 0.415. The molecule has 0 aliphatic carbocycles. The van der Waals surface area contributed by atoms with Gasteiger partial charge < -0.3 is 4.74 Å². The van der Waals surface area contributed by atoms with Crippen LogP contribution in [0.5, 0.6) is 5.75 Å². The highest BCUT2D eigenvalue weighted by molar-refractivity contribution is 5.55. The fraction of sp³-hybridized carbons (Fsp3) is 0.235. The molecule has 3 rings (SSSR count). The molecule has 0 N–H and O–H groups in total. The molecule has 112 valence electrons. The van der Waals surface area contributed by atoms with Crippen LogP contribution in [0.4, 0.5) is 11.5 Å². The standard InChI is InChI=1S/C17H18N4O/c1-11-5-7-15(22-4)14(9-11)19-20-17-13(3)18-16-8-6-12(2)10-21(16)17/h5-10H,1-4H3. The van der Waals surface area contributed by atoms with E-state index in [1.807, 2.05) is 61.7 Å². The van der Waals surface area contributed by atoms with Gasteiger partial charge in [-0.1, -0.05) is 12.1 Å². The van der Waals surface area contributed by atoms with E-state index in [1.165, 1.54) is 0 Å². The molecule has 0 amide bonds. The van der Waals surface area contributed by atoms with Gasteiger partial charge in [-0.15, -0.1) is 10.2 Å². The van der Waals surface area contributed by atoms with E-state index in [4.69, 9.17) is 4.74 Å². The number of benzene rings is 1. The average Bonchev–Trinajstić information content (AvgIpc) is 2.80. The van der Waals surface area contributed by atoms with E-state index in [2.05, 4.69) is 15.2 Å². The largest absolute Gasteiger partial charge is 0.494 e. The molecule has 0 saturated carbocycles. The number of aryl methyl sites for hydroxylation is 3. The molecule has 5 heteroatoms. The van der Waals surface area contributed by atoms with E-state index >= 15 is 0 Å². The van der Waals surface area contributed by atoms with E-state index in [0.717, 1.165) is 28.3 Å². The van der Waals surface area contributed by atoms with Crippen LogP contribution in [-0.4, -0.2) is 16.5 Å². The van der Waals surface area contributed by atoms with Crippen molar-refractivity contribution in [3.8, 4) is 5.75 Å². The number of nitrogens with zero attached hydrogens (tertiary/aromatic N) is 4. The van der Waals surface area contributed by atoms with Crippen molar-refractivity contribution in [1.29, 1.82) is 0 Å². The second-order valence-corrected chi connectivity index (χ2v) is 5.33. The number of aromatic nitrogens is 2. The number of azo groups is 1. The topological polar surface area (TPSA) is 51.2 Å². The van der Waals surface area contributed by atoms with Crippen molar-refractivity contribution in [3.63, 3.8) is 0 Å². The fourth-order valence-corrected chi connectivity index (χ4v) is 2.36. The Morgan fingerprint density at radius 1 is 1.00 bits per heavy atom. The van der Waals surface area contributed by atoms with Crippen LogP contribution in [0, 0.1) is 20.8 Å². The molecular formula is C17H18N4O. The lowest BCUT2D eigenvalue weighted by Gasteiger charge is -2.04. The molecule has 2 heterocycles. The van der Waals surface area contributed by atoms with Gasteiger partial charge >= 0.3 is 0 Å². The highest BCUT2D eigenvalue weighted by atomic mass is 16.5. The third-order valence-electron chi connectivity index (χ3n) is 3.50. The molecule has 0 radical (unpaired) electrons. The minimum atomic E-state index is 0.706. The first-order valence-corrected chi connectivity index (χ1v) is 7.10. The number of rotatable bonds is 3. The lowest BCUT2D eigenvalue weighted by atomic mass is 10.2. The maximum Gasteiger partial charge on any atom is 0.182 e. The number of fused-ring (bicyclic) bond motifs is 1. The van der Waals surface area contributed by atoms with Gasteiger partial charge in [0.2, 0.25) is 0 Å². The Kier molecular flexibility index (Phi) is 3.63. The quantitative estimate of drug-likeness (QED) is 0.658. The van der Waals surface area contributed by atoms with Crippen LogP contribution in [-0.2, 0) is 0 Å². The summed E-state index contributed by atoms with van der Waals surface area (Å²) in [5, 5.41) is 8.76. The third kappa shape index (κ3) is 2.57. The monoisotopic (exact) mass is 294 g/mol. The van der Waals surface area contributed by atoms with Gasteiger partial charge in [0, 0.05) is 6.20 Å². The number of imidazole rings is 1. The van der Waals surface area contributed by atoms with Crippen molar-refractivity contribution in [2.24, 2.45) is 10.2 Å². The van der Waals surface area contributed by atoms with Crippen molar-refractivity contribution < 1.29 is 4.74 Å². The number of hydrogen-bond donors (Lipinski definition) is 0. The molecule has 22 heavy (non-hydrogen) atoms. The highest BCUT2D eigenvalue weighted by Gasteiger charge is 2.09. The molecule has 0 fully saturated rings. The minimum absolute atomic E-state index is 0.706. The second-order valence-electron chi connectivity index (χ2n) is 5.33. The Morgan fingerprint density at radius 3 is 2.55 bits per heavy atom. The summed E-state index contributed by atoms with van der Waals surface area (Å²) in [6.45, 7) is 5.99. The van der Waals surface area contributed by atoms with E-state index in [9.17, 15) is 0 Å². The fourth-order valence-electron chi connectivity index (χ4n) is 2.36. The summed E-state index contributed by atoms with van der Waals surface area (Å²) in [6, 6.07) is 9.85. The van der Waals surface area contributed by atoms with Gasteiger partial charge in [0.05, 0.1) is 12.8 Å². The van der Waals surface area contributed by atoms with E-state index in [0.29, 0.717) is 11.4 Å². The maximum absolute atomic E-state index is 5.33. The molecular weight excluding hydrogens is 276 g/mol. The molecule has 0 spiro atoms.